The van der Waals surface area contributed by atoms with Crippen LogP contribution in [-0.4, -0.2) is 28.1 Å². The summed E-state index contributed by atoms with van der Waals surface area (Å²) in [4.78, 5) is 26.5. The molecule has 6 nitrogen and oxygen atoms in total. The van der Waals surface area contributed by atoms with Gasteiger partial charge in [-0.25, -0.2) is 4.68 Å². The summed E-state index contributed by atoms with van der Waals surface area (Å²) in [5.74, 6) is 0.0283. The van der Waals surface area contributed by atoms with Crippen LogP contribution in [0, 0.1) is 5.92 Å². The lowest BCUT2D eigenvalue weighted by Gasteiger charge is -2.18. The molecule has 1 aromatic heterocycles. The van der Waals surface area contributed by atoms with Gasteiger partial charge in [0.1, 0.15) is 5.82 Å². The number of carbonyl (C=O) groups is 2. The fraction of sp³-hybridized carbons (Fsp3) is 0.389. The third-order valence-corrected chi connectivity index (χ3v) is 4.78. The summed E-state index contributed by atoms with van der Waals surface area (Å²) < 4.78 is 1.80. The largest absolute Gasteiger partial charge is 0.312 e. The van der Waals surface area contributed by atoms with Gasteiger partial charge in [0, 0.05) is 29.7 Å². The van der Waals surface area contributed by atoms with Crippen LogP contribution in [0.5, 0.6) is 0 Å². The number of aromatic nitrogens is 2. The Morgan fingerprint density at radius 1 is 1.44 bits per heavy atom. The summed E-state index contributed by atoms with van der Waals surface area (Å²) in [7, 11) is 0. The smallest absolute Gasteiger partial charge is 0.230 e. The van der Waals surface area contributed by atoms with Crippen molar-refractivity contribution in [1.29, 1.82) is 0 Å². The molecule has 2 atom stereocenters. The van der Waals surface area contributed by atoms with E-state index < -0.39 is 5.92 Å². The zero-order valence-electron chi connectivity index (χ0n) is 14.3. The Kier molecular flexibility index (Phi) is 5.08. The average Bonchev–Trinajstić information content (AvgIpc) is 3.20. The molecule has 1 aliphatic heterocycles. The van der Waals surface area contributed by atoms with E-state index >= 15 is 0 Å². The lowest BCUT2D eigenvalue weighted by molar-refractivity contribution is -0.122. The number of carbonyl (C=O) groups excluding carboxylic acids is 2. The van der Waals surface area contributed by atoms with E-state index in [0.29, 0.717) is 17.4 Å². The molecule has 1 aromatic carbocycles. The first-order valence-electron chi connectivity index (χ1n) is 8.40. The molecule has 0 radical (unpaired) electrons. The number of hydrogen-bond acceptors (Lipinski definition) is 3. The Morgan fingerprint density at radius 2 is 2.24 bits per heavy atom. The van der Waals surface area contributed by atoms with E-state index in [2.05, 4.69) is 17.3 Å². The SMILES string of the molecule is CCC(C)n1nccc1NC(=O)C1CC(=O)N(c2cccc(Cl)c2)C1. The van der Waals surface area contributed by atoms with Crippen LogP contribution < -0.4 is 10.2 Å². The summed E-state index contributed by atoms with van der Waals surface area (Å²) >= 11 is 6.00. The van der Waals surface area contributed by atoms with Crippen LogP contribution in [0.1, 0.15) is 32.7 Å². The molecule has 1 aliphatic rings. The molecule has 0 saturated carbocycles. The van der Waals surface area contributed by atoms with Gasteiger partial charge >= 0.3 is 0 Å². The van der Waals surface area contributed by atoms with Crippen molar-refractivity contribution in [2.24, 2.45) is 5.92 Å². The highest BCUT2D eigenvalue weighted by Gasteiger charge is 2.35. The zero-order valence-corrected chi connectivity index (χ0v) is 15.0. The molecule has 0 aliphatic carbocycles. The van der Waals surface area contributed by atoms with E-state index in [4.69, 9.17) is 11.6 Å². The molecule has 7 heteroatoms. The van der Waals surface area contributed by atoms with Crippen molar-refractivity contribution in [2.75, 3.05) is 16.8 Å². The minimum atomic E-state index is -0.397. The Balaban J connectivity index is 1.70. The number of amides is 2. The number of nitrogens with one attached hydrogen (secondary N) is 1. The van der Waals surface area contributed by atoms with Gasteiger partial charge in [-0.3, -0.25) is 9.59 Å². The van der Waals surface area contributed by atoms with E-state index in [-0.39, 0.29) is 24.3 Å². The maximum Gasteiger partial charge on any atom is 0.230 e. The molecule has 132 valence electrons. The average molecular weight is 361 g/mol. The molecule has 1 N–H and O–H groups in total. The summed E-state index contributed by atoms with van der Waals surface area (Å²) in [6, 6.07) is 9.07. The third kappa shape index (κ3) is 3.69. The molecule has 0 bridgehead atoms. The molecule has 0 spiro atoms. The van der Waals surface area contributed by atoms with Crippen molar-refractivity contribution >= 4 is 34.9 Å². The van der Waals surface area contributed by atoms with E-state index in [1.165, 1.54) is 0 Å². The van der Waals surface area contributed by atoms with Gasteiger partial charge in [0.15, 0.2) is 0 Å². The minimum Gasteiger partial charge on any atom is -0.312 e. The van der Waals surface area contributed by atoms with Gasteiger partial charge in [0.05, 0.1) is 18.2 Å². The van der Waals surface area contributed by atoms with Gasteiger partial charge in [0.25, 0.3) is 0 Å². The summed E-state index contributed by atoms with van der Waals surface area (Å²) in [6.07, 6.45) is 2.77. The predicted octanol–water partition coefficient (Wildman–Crippen LogP) is 3.50. The quantitative estimate of drug-likeness (QED) is 0.887. The lowest BCUT2D eigenvalue weighted by atomic mass is 10.1. The molecule has 2 amide bonds. The van der Waals surface area contributed by atoms with E-state index in [0.717, 1.165) is 12.1 Å². The topological polar surface area (TPSA) is 67.2 Å². The molecular formula is C18H21ClN4O2. The lowest BCUT2D eigenvalue weighted by Crippen LogP contribution is -2.29. The van der Waals surface area contributed by atoms with Crippen molar-refractivity contribution in [2.45, 2.75) is 32.7 Å². The molecular weight excluding hydrogens is 340 g/mol. The predicted molar refractivity (Wildman–Crippen MR) is 97.8 cm³/mol. The highest BCUT2D eigenvalue weighted by atomic mass is 35.5. The van der Waals surface area contributed by atoms with E-state index in [1.54, 1.807) is 40.0 Å². The molecule has 2 aromatic rings. The van der Waals surface area contributed by atoms with Crippen molar-refractivity contribution in [3.8, 4) is 0 Å². The van der Waals surface area contributed by atoms with Crippen LogP contribution in [0.3, 0.4) is 0 Å². The summed E-state index contributed by atoms with van der Waals surface area (Å²) in [6.45, 7) is 4.46. The standard InChI is InChI=1S/C18H21ClN4O2/c1-3-12(2)23-16(7-8-20-23)21-18(25)13-9-17(24)22(11-13)15-6-4-5-14(19)10-15/h4-8,10,12-13H,3,9,11H2,1-2H3,(H,21,25). The van der Waals surface area contributed by atoms with Gasteiger partial charge in [-0.1, -0.05) is 24.6 Å². The molecule has 1 saturated heterocycles. The number of nitrogens with zero attached hydrogens (tertiary/aromatic N) is 3. The second-order valence-electron chi connectivity index (χ2n) is 6.29. The van der Waals surface area contributed by atoms with E-state index in [1.807, 2.05) is 13.0 Å². The number of rotatable bonds is 5. The van der Waals surface area contributed by atoms with Gasteiger partial charge in [0.2, 0.25) is 11.8 Å². The van der Waals surface area contributed by atoms with Crippen LogP contribution >= 0.6 is 11.6 Å². The van der Waals surface area contributed by atoms with Crippen molar-refractivity contribution in [3.63, 3.8) is 0 Å². The monoisotopic (exact) mass is 360 g/mol. The van der Waals surface area contributed by atoms with Gasteiger partial charge in [-0.2, -0.15) is 5.10 Å². The Hall–Kier alpha value is -2.34. The highest BCUT2D eigenvalue weighted by molar-refractivity contribution is 6.31. The second-order valence-corrected chi connectivity index (χ2v) is 6.73. The van der Waals surface area contributed by atoms with E-state index in [9.17, 15) is 9.59 Å². The number of anilines is 2. The van der Waals surface area contributed by atoms with Gasteiger partial charge in [-0.05, 0) is 31.5 Å². The summed E-state index contributed by atoms with van der Waals surface area (Å²) in [5, 5.41) is 7.74. The number of hydrogen-bond donors (Lipinski definition) is 1. The maximum atomic E-state index is 12.6. The number of halogens is 1. The Bertz CT molecular complexity index is 789. The minimum absolute atomic E-state index is 0.0714. The summed E-state index contributed by atoms with van der Waals surface area (Å²) in [5.41, 5.74) is 0.720. The van der Waals surface area contributed by atoms with Gasteiger partial charge < -0.3 is 10.2 Å². The number of benzene rings is 1. The normalized spacial score (nSPS) is 18.4. The first-order valence-corrected chi connectivity index (χ1v) is 8.77. The zero-order chi connectivity index (χ0) is 18.0. The van der Waals surface area contributed by atoms with Crippen LogP contribution in [-0.2, 0) is 9.59 Å². The van der Waals surface area contributed by atoms with Crippen molar-refractivity contribution < 1.29 is 9.59 Å². The van der Waals surface area contributed by atoms with Crippen LogP contribution in [0.25, 0.3) is 0 Å². The van der Waals surface area contributed by atoms with Crippen LogP contribution in [0.15, 0.2) is 36.5 Å². The van der Waals surface area contributed by atoms with Crippen LogP contribution in [0.4, 0.5) is 11.5 Å². The fourth-order valence-corrected chi connectivity index (χ4v) is 3.13. The molecule has 2 unspecified atom stereocenters. The fourth-order valence-electron chi connectivity index (χ4n) is 2.94. The van der Waals surface area contributed by atoms with Gasteiger partial charge in [-0.15, -0.1) is 0 Å². The Labute approximate surface area is 151 Å². The molecule has 3 rings (SSSR count). The first kappa shape index (κ1) is 17.5. The second kappa shape index (κ2) is 7.27. The Morgan fingerprint density at radius 3 is 2.96 bits per heavy atom. The first-order chi connectivity index (χ1) is 12.0. The molecule has 2 heterocycles. The highest BCUT2D eigenvalue weighted by Crippen LogP contribution is 2.28. The van der Waals surface area contributed by atoms with Crippen molar-refractivity contribution in [1.82, 2.24) is 9.78 Å². The third-order valence-electron chi connectivity index (χ3n) is 4.55. The van der Waals surface area contributed by atoms with Crippen LogP contribution in [0.2, 0.25) is 5.02 Å². The maximum absolute atomic E-state index is 12.6. The molecule has 1 fully saturated rings. The van der Waals surface area contributed by atoms with Crippen molar-refractivity contribution in [3.05, 3.63) is 41.6 Å². The molecule has 25 heavy (non-hydrogen) atoms.